The Morgan fingerprint density at radius 3 is 2.66 bits per heavy atom. The molecular weight excluding hydrogens is 475 g/mol. The summed E-state index contributed by atoms with van der Waals surface area (Å²) in [4.78, 5) is 17.4. The molecule has 0 bridgehead atoms. The number of halogens is 1. The van der Waals surface area contributed by atoms with Crippen LogP contribution in [0.3, 0.4) is 0 Å². The zero-order valence-electron chi connectivity index (χ0n) is 23.5. The number of nitrogens with one attached hydrogen (secondary N) is 1. The molecule has 2 aromatic rings. The highest BCUT2D eigenvalue weighted by atomic mass is 19.1. The molecule has 2 heterocycles. The normalized spacial score (nSPS) is 19.9. The molecule has 1 aliphatic carbocycles. The van der Waals surface area contributed by atoms with Crippen LogP contribution in [0.2, 0.25) is 0 Å². The van der Waals surface area contributed by atoms with E-state index in [1.54, 1.807) is 12.3 Å². The van der Waals surface area contributed by atoms with Gasteiger partial charge in [0.2, 0.25) is 0 Å². The Hall–Kier alpha value is -2.92. The summed E-state index contributed by atoms with van der Waals surface area (Å²) in [6.45, 7) is 9.38. The number of aromatic amines is 1. The summed E-state index contributed by atoms with van der Waals surface area (Å²) in [5.41, 5.74) is 2.87. The third kappa shape index (κ3) is 8.83. The number of hydrogen-bond donors (Lipinski definition) is 1. The van der Waals surface area contributed by atoms with Crippen LogP contribution < -0.4 is 10.3 Å². The minimum absolute atomic E-state index is 0.000148. The van der Waals surface area contributed by atoms with E-state index < -0.39 is 0 Å². The molecule has 1 aromatic heterocycles. The van der Waals surface area contributed by atoms with Crippen LogP contribution in [0.1, 0.15) is 76.3 Å². The number of rotatable bonds is 10. The number of pyridine rings is 1. The van der Waals surface area contributed by atoms with Crippen LogP contribution in [0.15, 0.2) is 83.1 Å². The predicted octanol–water partition coefficient (Wildman–Crippen LogP) is 8.06. The van der Waals surface area contributed by atoms with Crippen LogP contribution in [0.5, 0.6) is 5.75 Å². The van der Waals surface area contributed by atoms with Crippen LogP contribution in [-0.2, 0) is 6.54 Å². The molecule has 4 nitrogen and oxygen atoms in total. The summed E-state index contributed by atoms with van der Waals surface area (Å²) >= 11 is 0. The molecule has 0 saturated carbocycles. The van der Waals surface area contributed by atoms with Gasteiger partial charge in [0.05, 0.1) is 6.61 Å². The molecule has 1 fully saturated rings. The second-order valence-corrected chi connectivity index (χ2v) is 10.3. The lowest BCUT2D eigenvalue weighted by Crippen LogP contribution is -2.32. The molecule has 5 heteroatoms. The maximum Gasteiger partial charge on any atom is 0.252 e. The zero-order chi connectivity index (χ0) is 27.2. The highest BCUT2D eigenvalue weighted by Crippen LogP contribution is 2.38. The molecule has 0 amide bonds. The predicted molar refractivity (Wildman–Crippen MR) is 156 cm³/mol. The van der Waals surface area contributed by atoms with Gasteiger partial charge in [-0.05, 0) is 94.3 Å². The molecule has 1 saturated heterocycles. The van der Waals surface area contributed by atoms with Crippen LogP contribution in [-0.4, -0.2) is 29.6 Å². The Morgan fingerprint density at radius 1 is 1.03 bits per heavy atom. The maximum atomic E-state index is 14.3. The van der Waals surface area contributed by atoms with Crippen LogP contribution in [0.4, 0.5) is 4.39 Å². The minimum atomic E-state index is -0.0950. The Balaban J connectivity index is 0.00000195. The van der Waals surface area contributed by atoms with Crippen molar-refractivity contribution in [3.05, 3.63) is 99.8 Å². The number of aryl methyl sites for hydroxylation is 1. The van der Waals surface area contributed by atoms with Gasteiger partial charge in [0.25, 0.3) is 5.56 Å². The summed E-state index contributed by atoms with van der Waals surface area (Å²) in [5.74, 6) is 0.860. The first-order valence-corrected chi connectivity index (χ1v) is 14.3. The first kappa shape index (κ1) is 29.6. The molecule has 1 atom stereocenters. The maximum absolute atomic E-state index is 14.3. The van der Waals surface area contributed by atoms with E-state index in [0.717, 1.165) is 86.9 Å². The highest BCUT2D eigenvalue weighted by Gasteiger charge is 2.33. The first-order chi connectivity index (χ1) is 18.5. The zero-order valence-corrected chi connectivity index (χ0v) is 23.5. The Kier molecular flexibility index (Phi) is 12.1. The van der Waals surface area contributed by atoms with Crippen molar-refractivity contribution in [2.75, 3.05) is 19.7 Å². The second-order valence-electron chi connectivity index (χ2n) is 10.3. The number of ether oxygens (including phenoxy) is 1. The SMILES string of the molecule is CC.Cc1ccccc1OCC1(CCCCC2=C(F)C=CCC=C2)CCCN(Cc2ccc[nH]c2=O)CC1. The average Bonchev–Trinajstić information content (AvgIpc) is 3.27. The van der Waals surface area contributed by atoms with E-state index >= 15 is 0 Å². The van der Waals surface area contributed by atoms with Gasteiger partial charge >= 0.3 is 0 Å². The summed E-state index contributed by atoms with van der Waals surface area (Å²) < 4.78 is 20.7. The Morgan fingerprint density at radius 2 is 1.84 bits per heavy atom. The Labute approximate surface area is 228 Å². The fourth-order valence-corrected chi connectivity index (χ4v) is 5.37. The topological polar surface area (TPSA) is 45.3 Å². The number of likely N-dealkylation sites (tertiary alicyclic amines) is 1. The molecule has 1 N–H and O–H groups in total. The summed E-state index contributed by atoms with van der Waals surface area (Å²) in [7, 11) is 0. The van der Waals surface area contributed by atoms with Gasteiger partial charge in [-0.3, -0.25) is 9.69 Å². The van der Waals surface area contributed by atoms with Crippen molar-refractivity contribution >= 4 is 0 Å². The molecule has 0 spiro atoms. The van der Waals surface area contributed by atoms with Gasteiger partial charge in [-0.1, -0.05) is 62.8 Å². The number of unbranched alkanes of at least 4 members (excludes halogenated alkanes) is 1. The van der Waals surface area contributed by atoms with Crippen LogP contribution >= 0.6 is 0 Å². The molecule has 4 rings (SSSR count). The quantitative estimate of drug-likeness (QED) is 0.322. The van der Waals surface area contributed by atoms with E-state index in [4.69, 9.17) is 4.74 Å². The molecule has 2 aliphatic rings. The molecule has 38 heavy (non-hydrogen) atoms. The number of benzene rings is 1. The number of hydrogen-bond acceptors (Lipinski definition) is 3. The third-order valence-corrected chi connectivity index (χ3v) is 7.63. The summed E-state index contributed by atoms with van der Waals surface area (Å²) in [6, 6.07) is 12.0. The molecule has 0 radical (unpaired) electrons. The van der Waals surface area contributed by atoms with E-state index in [2.05, 4.69) is 28.9 Å². The lowest BCUT2D eigenvalue weighted by atomic mass is 9.77. The average molecular weight is 521 g/mol. The van der Waals surface area contributed by atoms with E-state index in [-0.39, 0.29) is 16.8 Å². The number of nitrogens with zero attached hydrogens (tertiary/aromatic N) is 1. The van der Waals surface area contributed by atoms with Gasteiger partial charge in [-0.25, -0.2) is 4.39 Å². The van der Waals surface area contributed by atoms with Crippen molar-refractivity contribution in [2.24, 2.45) is 5.41 Å². The van der Waals surface area contributed by atoms with E-state index in [1.165, 1.54) is 0 Å². The van der Waals surface area contributed by atoms with Crippen molar-refractivity contribution in [1.29, 1.82) is 0 Å². The van der Waals surface area contributed by atoms with E-state index in [1.807, 2.05) is 56.3 Å². The van der Waals surface area contributed by atoms with Gasteiger partial charge in [-0.15, -0.1) is 0 Å². The second kappa shape index (κ2) is 15.5. The Bertz CT molecular complexity index is 1150. The number of aromatic nitrogens is 1. The van der Waals surface area contributed by atoms with Crippen molar-refractivity contribution in [2.45, 2.75) is 78.7 Å². The van der Waals surface area contributed by atoms with Crippen LogP contribution in [0.25, 0.3) is 0 Å². The molecule has 206 valence electrons. The fraction of sp³-hybridized carbons (Fsp3) is 0.485. The van der Waals surface area contributed by atoms with Gasteiger partial charge in [-0.2, -0.15) is 0 Å². The number of para-hydroxylation sites is 1. The largest absolute Gasteiger partial charge is 0.493 e. The van der Waals surface area contributed by atoms with Crippen molar-refractivity contribution in [1.82, 2.24) is 9.88 Å². The van der Waals surface area contributed by atoms with Gasteiger partial charge in [0.15, 0.2) is 0 Å². The molecule has 1 aromatic carbocycles. The minimum Gasteiger partial charge on any atom is -0.493 e. The molecular formula is C33H45FN2O2. The summed E-state index contributed by atoms with van der Waals surface area (Å²) in [5, 5.41) is 0. The van der Waals surface area contributed by atoms with E-state index in [9.17, 15) is 9.18 Å². The highest BCUT2D eigenvalue weighted by molar-refractivity contribution is 5.32. The van der Waals surface area contributed by atoms with Gasteiger partial charge in [0, 0.05) is 23.7 Å². The van der Waals surface area contributed by atoms with Crippen molar-refractivity contribution in [3.63, 3.8) is 0 Å². The lowest BCUT2D eigenvalue weighted by Gasteiger charge is -2.33. The van der Waals surface area contributed by atoms with Gasteiger partial charge < -0.3 is 9.72 Å². The smallest absolute Gasteiger partial charge is 0.252 e. The van der Waals surface area contributed by atoms with Crippen LogP contribution in [0, 0.1) is 12.3 Å². The molecule has 1 aliphatic heterocycles. The molecule has 1 unspecified atom stereocenters. The fourth-order valence-electron chi connectivity index (χ4n) is 5.37. The van der Waals surface area contributed by atoms with E-state index in [0.29, 0.717) is 13.2 Å². The standard InChI is InChI=1S/C31H39FN2O2.C2H6/c1-25-11-5-6-16-29(25)36-24-31(17-8-7-13-26-12-3-2-4-15-28(26)32)18-10-21-34(22-19-31)23-27-14-9-20-33-30(27)35;1-2/h3-6,9,11-12,14-16,20H,2,7-8,10,13,17-19,21-24H2,1H3,(H,33,35);1-2H3. The number of allylic oxidation sites excluding steroid dienone is 6. The van der Waals surface area contributed by atoms with Gasteiger partial charge in [0.1, 0.15) is 11.6 Å². The first-order valence-electron chi connectivity index (χ1n) is 14.3. The number of H-pyrrole nitrogens is 1. The summed E-state index contributed by atoms with van der Waals surface area (Å²) in [6.07, 6.45) is 17.0. The monoisotopic (exact) mass is 520 g/mol. The van der Waals surface area contributed by atoms with Crippen molar-refractivity contribution in [3.8, 4) is 5.75 Å². The van der Waals surface area contributed by atoms with Crippen molar-refractivity contribution < 1.29 is 9.13 Å². The lowest BCUT2D eigenvalue weighted by molar-refractivity contribution is 0.108. The third-order valence-electron chi connectivity index (χ3n) is 7.63.